The maximum Gasteiger partial charge on any atom is 0.337 e. The largest absolute Gasteiger partial charge is 0.484 e. The number of carbonyl (C=O) groups is 2. The Kier molecular flexibility index (Phi) is 5.92. The van der Waals surface area contributed by atoms with Gasteiger partial charge in [0.15, 0.2) is 6.61 Å². The summed E-state index contributed by atoms with van der Waals surface area (Å²) in [4.78, 5) is 23.2. The van der Waals surface area contributed by atoms with E-state index in [1.165, 1.54) is 7.11 Å². The van der Waals surface area contributed by atoms with Crippen molar-refractivity contribution in [2.75, 3.05) is 19.0 Å². The van der Waals surface area contributed by atoms with Crippen molar-refractivity contribution in [3.63, 3.8) is 0 Å². The summed E-state index contributed by atoms with van der Waals surface area (Å²) in [6.45, 7) is -0.143. The summed E-state index contributed by atoms with van der Waals surface area (Å²) in [6.07, 6.45) is 0.336. The van der Waals surface area contributed by atoms with Crippen LogP contribution in [0, 0.1) is 11.3 Å². The number of esters is 1. The fourth-order valence-electron chi connectivity index (χ4n) is 1.95. The predicted molar refractivity (Wildman–Crippen MR) is 87.7 cm³/mol. The third-order valence-electron chi connectivity index (χ3n) is 3.17. The van der Waals surface area contributed by atoms with Crippen LogP contribution in [-0.4, -0.2) is 25.6 Å². The van der Waals surface area contributed by atoms with E-state index in [0.29, 0.717) is 23.4 Å². The number of nitrogens with one attached hydrogen (secondary N) is 1. The molecule has 0 spiro atoms. The third-order valence-corrected chi connectivity index (χ3v) is 3.17. The summed E-state index contributed by atoms with van der Waals surface area (Å²) in [5, 5.41) is 11.3. The topological polar surface area (TPSA) is 88.4 Å². The molecule has 1 N–H and O–H groups in total. The van der Waals surface area contributed by atoms with Crippen molar-refractivity contribution in [2.24, 2.45) is 0 Å². The first-order chi connectivity index (χ1) is 11.6. The highest BCUT2D eigenvalue weighted by atomic mass is 16.5. The minimum atomic E-state index is -0.434. The summed E-state index contributed by atoms with van der Waals surface area (Å²) in [5.74, 6) is -0.203. The first-order valence-corrected chi connectivity index (χ1v) is 7.19. The number of rotatable bonds is 6. The van der Waals surface area contributed by atoms with Crippen LogP contribution in [0.25, 0.3) is 0 Å². The fraction of sp³-hybridized carbons (Fsp3) is 0.167. The van der Waals surface area contributed by atoms with Gasteiger partial charge in [0.05, 0.1) is 25.2 Å². The van der Waals surface area contributed by atoms with Gasteiger partial charge in [-0.1, -0.05) is 12.1 Å². The zero-order valence-electron chi connectivity index (χ0n) is 13.1. The second kappa shape index (κ2) is 8.34. The maximum absolute atomic E-state index is 11.9. The van der Waals surface area contributed by atoms with Crippen LogP contribution >= 0.6 is 0 Å². The van der Waals surface area contributed by atoms with Gasteiger partial charge in [-0.25, -0.2) is 4.79 Å². The minimum absolute atomic E-state index is 0.143. The standard InChI is InChI=1S/C18H16N2O4/c1-23-18(22)14-4-6-15(7-5-14)20-17(21)12-24-16-8-2-13(3-9-16)10-11-19/h2-9H,10,12H2,1H3,(H,20,21). The van der Waals surface area contributed by atoms with Gasteiger partial charge < -0.3 is 14.8 Å². The van der Waals surface area contributed by atoms with Crippen molar-refractivity contribution in [1.29, 1.82) is 5.26 Å². The Morgan fingerprint density at radius 3 is 2.33 bits per heavy atom. The minimum Gasteiger partial charge on any atom is -0.484 e. The molecule has 0 atom stereocenters. The Labute approximate surface area is 139 Å². The molecule has 1 amide bonds. The number of anilines is 1. The maximum atomic E-state index is 11.9. The molecule has 0 aliphatic heterocycles. The van der Waals surface area contributed by atoms with E-state index in [2.05, 4.69) is 16.1 Å². The van der Waals surface area contributed by atoms with Gasteiger partial charge in [-0.3, -0.25) is 4.79 Å². The van der Waals surface area contributed by atoms with Gasteiger partial charge in [0.2, 0.25) is 0 Å². The van der Waals surface area contributed by atoms with Crippen molar-refractivity contribution >= 4 is 17.6 Å². The van der Waals surface area contributed by atoms with Crippen molar-refractivity contribution in [2.45, 2.75) is 6.42 Å². The predicted octanol–water partition coefficient (Wildman–Crippen LogP) is 2.56. The van der Waals surface area contributed by atoms with Crippen molar-refractivity contribution < 1.29 is 19.1 Å². The molecule has 6 heteroatoms. The molecule has 0 heterocycles. The molecule has 0 fully saturated rings. The van der Waals surface area contributed by atoms with Gasteiger partial charge >= 0.3 is 5.97 Å². The second-order valence-electron chi connectivity index (χ2n) is 4.88. The smallest absolute Gasteiger partial charge is 0.337 e. The lowest BCUT2D eigenvalue weighted by Gasteiger charge is -2.08. The summed E-state index contributed by atoms with van der Waals surface area (Å²) in [7, 11) is 1.31. The van der Waals surface area contributed by atoms with Crippen molar-refractivity contribution in [1.82, 2.24) is 0 Å². The average Bonchev–Trinajstić information content (AvgIpc) is 2.61. The zero-order chi connectivity index (χ0) is 17.4. The van der Waals surface area contributed by atoms with E-state index in [1.807, 2.05) is 0 Å². The lowest BCUT2D eigenvalue weighted by molar-refractivity contribution is -0.118. The Bertz CT molecular complexity index is 746. The Morgan fingerprint density at radius 1 is 1.08 bits per heavy atom. The monoisotopic (exact) mass is 324 g/mol. The summed E-state index contributed by atoms with van der Waals surface area (Å²) in [5.41, 5.74) is 1.85. The molecule has 0 aliphatic rings. The van der Waals surface area contributed by atoms with Gasteiger partial charge in [0.25, 0.3) is 5.91 Å². The molecule has 0 bridgehead atoms. The van der Waals surface area contributed by atoms with Crippen LogP contribution in [0.2, 0.25) is 0 Å². The highest BCUT2D eigenvalue weighted by molar-refractivity contribution is 5.93. The van der Waals surface area contributed by atoms with Crippen molar-refractivity contribution in [3.8, 4) is 11.8 Å². The highest BCUT2D eigenvalue weighted by Crippen LogP contribution is 2.13. The van der Waals surface area contributed by atoms with Crippen molar-refractivity contribution in [3.05, 3.63) is 59.7 Å². The molecule has 0 saturated heterocycles. The molecular formula is C18H16N2O4. The van der Waals surface area contributed by atoms with Crippen LogP contribution in [-0.2, 0) is 16.0 Å². The number of amides is 1. The number of methoxy groups -OCH3 is 1. The molecule has 0 aliphatic carbocycles. The molecule has 0 saturated carbocycles. The Morgan fingerprint density at radius 2 is 1.75 bits per heavy atom. The van der Waals surface area contributed by atoms with Gasteiger partial charge in [-0.2, -0.15) is 5.26 Å². The van der Waals surface area contributed by atoms with Gasteiger partial charge in [0.1, 0.15) is 5.75 Å². The van der Waals surface area contributed by atoms with Gasteiger partial charge in [0, 0.05) is 5.69 Å². The second-order valence-corrected chi connectivity index (χ2v) is 4.88. The quantitative estimate of drug-likeness (QED) is 0.825. The molecule has 0 unspecified atom stereocenters. The van der Waals surface area contributed by atoms with E-state index in [4.69, 9.17) is 10.00 Å². The number of hydrogen-bond acceptors (Lipinski definition) is 5. The lowest BCUT2D eigenvalue weighted by Crippen LogP contribution is -2.20. The fourth-order valence-corrected chi connectivity index (χ4v) is 1.95. The van der Waals surface area contributed by atoms with E-state index >= 15 is 0 Å². The summed E-state index contributed by atoms with van der Waals surface area (Å²) < 4.78 is 9.99. The highest BCUT2D eigenvalue weighted by Gasteiger charge is 2.07. The number of carbonyl (C=O) groups excluding carboxylic acids is 2. The average molecular weight is 324 g/mol. The molecular weight excluding hydrogens is 308 g/mol. The van der Waals surface area contributed by atoms with E-state index in [0.717, 1.165) is 5.56 Å². The number of nitriles is 1. The molecule has 2 aromatic rings. The van der Waals surface area contributed by atoms with E-state index in [1.54, 1.807) is 48.5 Å². The Balaban J connectivity index is 1.84. The third kappa shape index (κ3) is 4.85. The number of hydrogen-bond donors (Lipinski definition) is 1. The van der Waals surface area contributed by atoms with Gasteiger partial charge in [-0.05, 0) is 42.0 Å². The molecule has 6 nitrogen and oxygen atoms in total. The first-order valence-electron chi connectivity index (χ1n) is 7.19. The van der Waals surface area contributed by atoms with Crippen LogP contribution in [0.3, 0.4) is 0 Å². The molecule has 2 aromatic carbocycles. The van der Waals surface area contributed by atoms with Crippen LogP contribution in [0.15, 0.2) is 48.5 Å². The molecule has 24 heavy (non-hydrogen) atoms. The summed E-state index contributed by atoms with van der Waals surface area (Å²) in [6, 6.07) is 15.4. The Hall–Kier alpha value is -3.33. The van der Waals surface area contributed by atoms with E-state index in [9.17, 15) is 9.59 Å². The van der Waals surface area contributed by atoms with Crippen LogP contribution in [0.5, 0.6) is 5.75 Å². The summed E-state index contributed by atoms with van der Waals surface area (Å²) >= 11 is 0. The van der Waals surface area contributed by atoms with Gasteiger partial charge in [-0.15, -0.1) is 0 Å². The van der Waals surface area contributed by atoms with Crippen LogP contribution in [0.4, 0.5) is 5.69 Å². The normalized spacial score (nSPS) is 9.67. The van der Waals surface area contributed by atoms with E-state index in [-0.39, 0.29) is 12.5 Å². The molecule has 0 aromatic heterocycles. The number of nitrogens with zero attached hydrogens (tertiary/aromatic N) is 1. The number of benzene rings is 2. The zero-order valence-corrected chi connectivity index (χ0v) is 13.1. The number of ether oxygens (including phenoxy) is 2. The SMILES string of the molecule is COC(=O)c1ccc(NC(=O)COc2ccc(CC#N)cc2)cc1. The molecule has 2 rings (SSSR count). The molecule has 0 radical (unpaired) electrons. The van der Waals surface area contributed by atoms with Crippen LogP contribution in [0.1, 0.15) is 15.9 Å². The molecule has 122 valence electrons. The lowest BCUT2D eigenvalue weighted by atomic mass is 10.2. The van der Waals surface area contributed by atoms with E-state index < -0.39 is 5.97 Å². The first kappa shape index (κ1) is 17.0. The van der Waals surface area contributed by atoms with Crippen LogP contribution < -0.4 is 10.1 Å².